The Morgan fingerprint density at radius 3 is 2.31 bits per heavy atom. The predicted molar refractivity (Wildman–Crippen MR) is 72.5 cm³/mol. The molecule has 0 N–H and O–H groups in total. The quantitative estimate of drug-likeness (QED) is 0.722. The summed E-state index contributed by atoms with van der Waals surface area (Å²) in [4.78, 5) is 6.26. The van der Waals surface area contributed by atoms with Gasteiger partial charge in [0.2, 0.25) is 0 Å². The summed E-state index contributed by atoms with van der Waals surface area (Å²) < 4.78 is 1.32. The molecule has 0 radical (unpaired) electrons. The topological polar surface area (TPSA) is 12.9 Å². The second-order valence-corrected chi connectivity index (χ2v) is 6.07. The SMILES string of the molecule is Cc1c(C(C)C)sc2ccc(C(C)C)nc12. The Morgan fingerprint density at radius 1 is 1.06 bits per heavy atom. The summed E-state index contributed by atoms with van der Waals surface area (Å²) in [6, 6.07) is 4.38. The van der Waals surface area contributed by atoms with E-state index in [4.69, 9.17) is 4.98 Å². The molecule has 0 amide bonds. The van der Waals surface area contributed by atoms with Gasteiger partial charge in [0, 0.05) is 10.6 Å². The van der Waals surface area contributed by atoms with Gasteiger partial charge >= 0.3 is 0 Å². The molecule has 0 bridgehead atoms. The van der Waals surface area contributed by atoms with E-state index in [-0.39, 0.29) is 0 Å². The molecule has 1 nitrogen and oxygen atoms in total. The van der Waals surface area contributed by atoms with E-state index in [1.807, 2.05) is 11.3 Å². The molecule has 0 aliphatic carbocycles. The van der Waals surface area contributed by atoms with Gasteiger partial charge in [-0.25, -0.2) is 0 Å². The Bertz CT molecular complexity index is 509. The lowest BCUT2D eigenvalue weighted by atomic mass is 10.1. The molecule has 0 saturated carbocycles. The highest BCUT2D eigenvalue weighted by Crippen LogP contribution is 2.34. The van der Waals surface area contributed by atoms with Crippen molar-refractivity contribution in [3.8, 4) is 0 Å². The molecule has 2 aromatic heterocycles. The van der Waals surface area contributed by atoms with Crippen LogP contribution in [0.1, 0.15) is 55.7 Å². The van der Waals surface area contributed by atoms with Gasteiger partial charge in [-0.15, -0.1) is 11.3 Å². The van der Waals surface area contributed by atoms with Gasteiger partial charge in [0.05, 0.1) is 10.2 Å². The lowest BCUT2D eigenvalue weighted by molar-refractivity contribution is 0.829. The zero-order valence-corrected chi connectivity index (χ0v) is 11.5. The number of rotatable bonds is 2. The second-order valence-electron chi connectivity index (χ2n) is 4.98. The summed E-state index contributed by atoms with van der Waals surface area (Å²) in [7, 11) is 0. The van der Waals surface area contributed by atoms with Crippen LogP contribution in [-0.2, 0) is 0 Å². The highest BCUT2D eigenvalue weighted by Gasteiger charge is 2.13. The first-order chi connectivity index (χ1) is 7.50. The van der Waals surface area contributed by atoms with Crippen LogP contribution in [0, 0.1) is 6.92 Å². The number of nitrogens with zero attached hydrogens (tertiary/aromatic N) is 1. The predicted octanol–water partition coefficient (Wildman–Crippen LogP) is 4.85. The van der Waals surface area contributed by atoms with E-state index in [9.17, 15) is 0 Å². The van der Waals surface area contributed by atoms with Crippen molar-refractivity contribution < 1.29 is 0 Å². The first-order valence-corrected chi connectivity index (χ1v) is 6.72. The van der Waals surface area contributed by atoms with Crippen LogP contribution in [0.3, 0.4) is 0 Å². The van der Waals surface area contributed by atoms with Gasteiger partial charge in [0.25, 0.3) is 0 Å². The zero-order chi connectivity index (χ0) is 11.9. The van der Waals surface area contributed by atoms with Gasteiger partial charge in [-0.05, 0) is 36.5 Å². The molecular weight excluding hydrogens is 214 g/mol. The molecular formula is C14H19NS. The van der Waals surface area contributed by atoms with E-state index in [1.54, 1.807) is 0 Å². The fourth-order valence-corrected chi connectivity index (χ4v) is 3.15. The Hall–Kier alpha value is -0.890. The monoisotopic (exact) mass is 233 g/mol. The molecule has 16 heavy (non-hydrogen) atoms. The van der Waals surface area contributed by atoms with Crippen LogP contribution in [-0.4, -0.2) is 4.98 Å². The maximum Gasteiger partial charge on any atom is 0.0845 e. The molecule has 0 unspecified atom stereocenters. The normalized spacial score (nSPS) is 11.9. The Labute approximate surface area is 102 Å². The highest BCUT2D eigenvalue weighted by atomic mass is 32.1. The summed E-state index contributed by atoms with van der Waals surface area (Å²) in [6.45, 7) is 11.1. The highest BCUT2D eigenvalue weighted by molar-refractivity contribution is 7.19. The number of hydrogen-bond donors (Lipinski definition) is 0. The maximum atomic E-state index is 4.79. The smallest absolute Gasteiger partial charge is 0.0845 e. The minimum absolute atomic E-state index is 0.506. The van der Waals surface area contributed by atoms with E-state index >= 15 is 0 Å². The van der Waals surface area contributed by atoms with E-state index in [1.165, 1.54) is 26.4 Å². The summed E-state index contributed by atoms with van der Waals surface area (Å²) in [5.41, 5.74) is 3.78. The summed E-state index contributed by atoms with van der Waals surface area (Å²) in [6.07, 6.45) is 0. The number of thiophene rings is 1. The molecule has 0 aliphatic rings. The fourth-order valence-electron chi connectivity index (χ4n) is 2.00. The third-order valence-electron chi connectivity index (χ3n) is 2.94. The van der Waals surface area contributed by atoms with Gasteiger partial charge in [-0.2, -0.15) is 0 Å². The molecule has 0 atom stereocenters. The molecule has 2 rings (SSSR count). The molecule has 86 valence electrons. The first-order valence-electron chi connectivity index (χ1n) is 5.90. The molecule has 2 aromatic rings. The molecule has 0 aliphatic heterocycles. The van der Waals surface area contributed by atoms with Crippen LogP contribution in [0.15, 0.2) is 12.1 Å². The van der Waals surface area contributed by atoms with Crippen LogP contribution in [0.5, 0.6) is 0 Å². The van der Waals surface area contributed by atoms with Crippen molar-refractivity contribution in [3.63, 3.8) is 0 Å². The maximum absolute atomic E-state index is 4.79. The Morgan fingerprint density at radius 2 is 1.75 bits per heavy atom. The summed E-state index contributed by atoms with van der Waals surface area (Å²) in [5.74, 6) is 1.10. The fraction of sp³-hybridized carbons (Fsp3) is 0.500. The molecule has 0 aromatic carbocycles. The average Bonchev–Trinajstić information content (AvgIpc) is 2.56. The zero-order valence-electron chi connectivity index (χ0n) is 10.7. The number of hydrogen-bond acceptors (Lipinski definition) is 2. The van der Waals surface area contributed by atoms with Gasteiger partial charge in [0.1, 0.15) is 0 Å². The molecule has 2 heterocycles. The largest absolute Gasteiger partial charge is 0.251 e. The van der Waals surface area contributed by atoms with Crippen LogP contribution in [0.4, 0.5) is 0 Å². The molecule has 0 spiro atoms. The third kappa shape index (κ3) is 1.86. The number of aryl methyl sites for hydroxylation is 1. The van der Waals surface area contributed by atoms with Crippen molar-refractivity contribution in [2.24, 2.45) is 0 Å². The summed E-state index contributed by atoms with van der Waals surface area (Å²) >= 11 is 1.89. The Balaban J connectivity index is 2.64. The van der Waals surface area contributed by atoms with E-state index in [0.717, 1.165) is 0 Å². The van der Waals surface area contributed by atoms with Crippen molar-refractivity contribution in [2.75, 3.05) is 0 Å². The van der Waals surface area contributed by atoms with E-state index < -0.39 is 0 Å². The van der Waals surface area contributed by atoms with Crippen molar-refractivity contribution in [2.45, 2.75) is 46.5 Å². The van der Waals surface area contributed by atoms with Crippen LogP contribution < -0.4 is 0 Å². The third-order valence-corrected chi connectivity index (χ3v) is 4.49. The van der Waals surface area contributed by atoms with E-state index in [2.05, 4.69) is 46.8 Å². The average molecular weight is 233 g/mol. The van der Waals surface area contributed by atoms with E-state index in [0.29, 0.717) is 11.8 Å². The van der Waals surface area contributed by atoms with Gasteiger partial charge in [0.15, 0.2) is 0 Å². The van der Waals surface area contributed by atoms with Crippen LogP contribution >= 0.6 is 11.3 Å². The number of fused-ring (bicyclic) bond motifs is 1. The minimum Gasteiger partial charge on any atom is -0.251 e. The van der Waals surface area contributed by atoms with Gasteiger partial charge in [-0.3, -0.25) is 4.98 Å². The summed E-state index contributed by atoms with van der Waals surface area (Å²) in [5, 5.41) is 0. The number of pyridine rings is 1. The molecule has 0 fully saturated rings. The van der Waals surface area contributed by atoms with Gasteiger partial charge in [-0.1, -0.05) is 27.7 Å². The first kappa shape index (κ1) is 11.6. The standard InChI is InChI=1S/C14H19NS/c1-8(2)11-6-7-12-13(15-11)10(5)14(16-12)9(3)4/h6-9H,1-5H3. The molecule has 0 saturated heterocycles. The number of aromatic nitrogens is 1. The Kier molecular flexibility index (Phi) is 3.02. The molecule has 2 heteroatoms. The lowest BCUT2D eigenvalue weighted by Gasteiger charge is -2.04. The van der Waals surface area contributed by atoms with Crippen LogP contribution in [0.2, 0.25) is 0 Å². The van der Waals surface area contributed by atoms with Crippen LogP contribution in [0.25, 0.3) is 10.2 Å². The van der Waals surface area contributed by atoms with Gasteiger partial charge < -0.3 is 0 Å². The van der Waals surface area contributed by atoms with Crippen molar-refractivity contribution in [1.82, 2.24) is 4.98 Å². The van der Waals surface area contributed by atoms with Crippen molar-refractivity contribution in [3.05, 3.63) is 28.3 Å². The van der Waals surface area contributed by atoms with Crippen molar-refractivity contribution >= 4 is 21.6 Å². The minimum atomic E-state index is 0.506. The second kappa shape index (κ2) is 4.17. The lowest BCUT2D eigenvalue weighted by Crippen LogP contribution is -1.92. The van der Waals surface area contributed by atoms with Crippen molar-refractivity contribution in [1.29, 1.82) is 0 Å².